The fourth-order valence-corrected chi connectivity index (χ4v) is 3.02. The van der Waals surface area contributed by atoms with Crippen LogP contribution in [0.25, 0.3) is 11.3 Å². The summed E-state index contributed by atoms with van der Waals surface area (Å²) in [7, 11) is 0. The van der Waals surface area contributed by atoms with Crippen LogP contribution in [-0.2, 0) is 11.2 Å². The molecule has 0 fully saturated rings. The Balaban J connectivity index is 1.56. The number of hydrogen-bond donors (Lipinski definition) is 1. The van der Waals surface area contributed by atoms with Gasteiger partial charge in [-0.25, -0.2) is 4.39 Å². The van der Waals surface area contributed by atoms with Crippen LogP contribution in [0.15, 0.2) is 40.8 Å². The van der Waals surface area contributed by atoms with Crippen molar-refractivity contribution in [2.75, 3.05) is 5.32 Å². The molecular formula is C18H18FN3O2S. The summed E-state index contributed by atoms with van der Waals surface area (Å²) in [6, 6.07) is 9.90. The number of furan rings is 1. The standard InChI is InChI=1S/C18H18FN3O2S/c1-11(2)17-21-22-18(25-17)20-16(23)10-8-12-7-9-15(24-12)13-5-3-4-6-14(13)19/h3-7,9,11H,8,10H2,1-2H3,(H,20,22,23). The first kappa shape index (κ1) is 17.3. The molecule has 0 unspecified atom stereocenters. The Labute approximate surface area is 148 Å². The van der Waals surface area contributed by atoms with Crippen molar-refractivity contribution in [3.63, 3.8) is 0 Å². The van der Waals surface area contributed by atoms with Crippen LogP contribution in [0.2, 0.25) is 0 Å². The van der Waals surface area contributed by atoms with Gasteiger partial charge in [-0.2, -0.15) is 0 Å². The van der Waals surface area contributed by atoms with Gasteiger partial charge in [0.2, 0.25) is 11.0 Å². The van der Waals surface area contributed by atoms with Crippen LogP contribution in [-0.4, -0.2) is 16.1 Å². The van der Waals surface area contributed by atoms with E-state index in [1.807, 2.05) is 13.8 Å². The second kappa shape index (κ2) is 7.57. The summed E-state index contributed by atoms with van der Waals surface area (Å²) < 4.78 is 19.4. The smallest absolute Gasteiger partial charge is 0.226 e. The molecule has 3 aromatic rings. The number of aryl methyl sites for hydroxylation is 1. The molecule has 2 heterocycles. The maximum atomic E-state index is 13.8. The lowest BCUT2D eigenvalue weighted by atomic mass is 10.1. The van der Waals surface area contributed by atoms with Crippen molar-refractivity contribution >= 4 is 22.4 Å². The highest BCUT2D eigenvalue weighted by Crippen LogP contribution is 2.26. The molecule has 3 rings (SSSR count). The highest BCUT2D eigenvalue weighted by molar-refractivity contribution is 7.15. The molecule has 0 aliphatic heterocycles. The minimum Gasteiger partial charge on any atom is -0.461 e. The number of aromatic nitrogens is 2. The van der Waals surface area contributed by atoms with Crippen molar-refractivity contribution in [3.05, 3.63) is 53.0 Å². The summed E-state index contributed by atoms with van der Waals surface area (Å²) in [5.41, 5.74) is 0.410. The van der Waals surface area contributed by atoms with E-state index in [0.717, 1.165) is 5.01 Å². The van der Waals surface area contributed by atoms with E-state index in [9.17, 15) is 9.18 Å². The van der Waals surface area contributed by atoms with Gasteiger partial charge in [-0.05, 0) is 24.3 Å². The molecule has 5 nitrogen and oxygen atoms in total. The van der Waals surface area contributed by atoms with Crippen LogP contribution in [0.5, 0.6) is 0 Å². The number of anilines is 1. The molecule has 25 heavy (non-hydrogen) atoms. The summed E-state index contributed by atoms with van der Waals surface area (Å²) in [6.07, 6.45) is 0.678. The number of nitrogens with zero attached hydrogens (tertiary/aromatic N) is 2. The SMILES string of the molecule is CC(C)c1nnc(NC(=O)CCc2ccc(-c3ccccc3F)o2)s1. The number of carbonyl (C=O) groups is 1. The van der Waals surface area contributed by atoms with Gasteiger partial charge in [-0.1, -0.05) is 37.3 Å². The van der Waals surface area contributed by atoms with Crippen molar-refractivity contribution in [2.45, 2.75) is 32.6 Å². The largest absolute Gasteiger partial charge is 0.461 e. The van der Waals surface area contributed by atoms with E-state index in [-0.39, 0.29) is 24.1 Å². The highest BCUT2D eigenvalue weighted by Gasteiger charge is 2.13. The fraction of sp³-hybridized carbons (Fsp3) is 0.278. The fourth-order valence-electron chi connectivity index (χ4n) is 2.25. The van der Waals surface area contributed by atoms with Crippen LogP contribution in [0.4, 0.5) is 9.52 Å². The minimum atomic E-state index is -0.335. The third-order valence-corrected chi connectivity index (χ3v) is 4.72. The van der Waals surface area contributed by atoms with Gasteiger partial charge in [0.05, 0.1) is 5.56 Å². The van der Waals surface area contributed by atoms with E-state index in [0.29, 0.717) is 28.6 Å². The molecule has 0 spiro atoms. The molecule has 0 aliphatic carbocycles. The van der Waals surface area contributed by atoms with Gasteiger partial charge in [-0.3, -0.25) is 4.79 Å². The molecule has 1 N–H and O–H groups in total. The zero-order valence-corrected chi connectivity index (χ0v) is 14.8. The maximum Gasteiger partial charge on any atom is 0.226 e. The zero-order valence-electron chi connectivity index (χ0n) is 14.0. The summed E-state index contributed by atoms with van der Waals surface area (Å²) in [5.74, 6) is 0.879. The molecule has 130 valence electrons. The first-order valence-corrected chi connectivity index (χ1v) is 8.81. The van der Waals surface area contributed by atoms with Gasteiger partial charge in [-0.15, -0.1) is 10.2 Å². The van der Waals surface area contributed by atoms with Gasteiger partial charge in [0.1, 0.15) is 22.3 Å². The Kier molecular flexibility index (Phi) is 5.23. The molecule has 0 radical (unpaired) electrons. The van der Waals surface area contributed by atoms with Crippen LogP contribution in [0.3, 0.4) is 0 Å². The van der Waals surface area contributed by atoms with Crippen LogP contribution >= 0.6 is 11.3 Å². The van der Waals surface area contributed by atoms with E-state index in [1.54, 1.807) is 30.3 Å². The minimum absolute atomic E-state index is 0.157. The third-order valence-electron chi connectivity index (χ3n) is 3.58. The molecule has 1 amide bonds. The van der Waals surface area contributed by atoms with Crippen molar-refractivity contribution in [2.24, 2.45) is 0 Å². The predicted octanol–water partition coefficient (Wildman–Crippen LogP) is 4.63. The van der Waals surface area contributed by atoms with Gasteiger partial charge in [0.25, 0.3) is 0 Å². The van der Waals surface area contributed by atoms with E-state index in [4.69, 9.17) is 4.42 Å². The molecule has 7 heteroatoms. The topological polar surface area (TPSA) is 68.0 Å². The van der Waals surface area contributed by atoms with E-state index >= 15 is 0 Å². The number of hydrogen-bond acceptors (Lipinski definition) is 5. The Morgan fingerprint density at radius 3 is 2.76 bits per heavy atom. The lowest BCUT2D eigenvalue weighted by Crippen LogP contribution is -2.11. The Hall–Kier alpha value is -2.54. The first-order chi connectivity index (χ1) is 12.0. The van der Waals surface area contributed by atoms with E-state index in [2.05, 4.69) is 15.5 Å². The molecule has 0 aliphatic rings. The van der Waals surface area contributed by atoms with Gasteiger partial charge in [0.15, 0.2) is 0 Å². The molecule has 0 atom stereocenters. The number of halogens is 1. The van der Waals surface area contributed by atoms with Crippen LogP contribution in [0.1, 0.15) is 37.0 Å². The Bertz CT molecular complexity index is 873. The molecule has 0 saturated carbocycles. The second-order valence-corrected chi connectivity index (χ2v) is 6.90. The van der Waals surface area contributed by atoms with Crippen molar-refractivity contribution in [1.29, 1.82) is 0 Å². The van der Waals surface area contributed by atoms with Crippen molar-refractivity contribution < 1.29 is 13.6 Å². The van der Waals surface area contributed by atoms with Crippen LogP contribution in [0, 0.1) is 5.82 Å². The lowest BCUT2D eigenvalue weighted by molar-refractivity contribution is -0.116. The summed E-state index contributed by atoms with van der Waals surface area (Å²) in [4.78, 5) is 12.0. The number of benzene rings is 1. The Morgan fingerprint density at radius 1 is 1.24 bits per heavy atom. The number of rotatable bonds is 6. The Morgan fingerprint density at radius 2 is 2.04 bits per heavy atom. The average Bonchev–Trinajstić information content (AvgIpc) is 3.23. The average molecular weight is 359 g/mol. The van der Waals surface area contributed by atoms with Crippen LogP contribution < -0.4 is 5.32 Å². The predicted molar refractivity (Wildman–Crippen MR) is 95.1 cm³/mol. The van der Waals surface area contributed by atoms with E-state index in [1.165, 1.54) is 17.4 Å². The van der Waals surface area contributed by atoms with Gasteiger partial charge >= 0.3 is 0 Å². The normalized spacial score (nSPS) is 11.0. The summed E-state index contributed by atoms with van der Waals surface area (Å²) >= 11 is 1.37. The highest BCUT2D eigenvalue weighted by atomic mass is 32.1. The molecule has 0 bridgehead atoms. The maximum absolute atomic E-state index is 13.8. The van der Waals surface area contributed by atoms with Crippen molar-refractivity contribution in [1.82, 2.24) is 10.2 Å². The molecule has 0 saturated heterocycles. The second-order valence-electron chi connectivity index (χ2n) is 5.89. The number of carbonyl (C=O) groups excluding carboxylic acids is 1. The molecule has 2 aromatic heterocycles. The molecule has 1 aromatic carbocycles. The zero-order chi connectivity index (χ0) is 17.8. The molecular weight excluding hydrogens is 341 g/mol. The number of nitrogens with one attached hydrogen (secondary N) is 1. The van der Waals surface area contributed by atoms with Gasteiger partial charge < -0.3 is 9.73 Å². The van der Waals surface area contributed by atoms with E-state index < -0.39 is 0 Å². The quantitative estimate of drug-likeness (QED) is 0.697. The summed E-state index contributed by atoms with van der Waals surface area (Å²) in [5, 5.41) is 12.1. The lowest BCUT2D eigenvalue weighted by Gasteiger charge is -2.01. The number of amides is 1. The third kappa shape index (κ3) is 4.30. The van der Waals surface area contributed by atoms with Gasteiger partial charge in [0, 0.05) is 18.8 Å². The monoisotopic (exact) mass is 359 g/mol. The summed E-state index contributed by atoms with van der Waals surface area (Å²) in [6.45, 7) is 4.05. The first-order valence-electron chi connectivity index (χ1n) is 8.00. The van der Waals surface area contributed by atoms with Crippen molar-refractivity contribution in [3.8, 4) is 11.3 Å².